The van der Waals surface area contributed by atoms with Crippen LogP contribution in [0.3, 0.4) is 0 Å². The fraction of sp³-hybridized carbons (Fsp3) is 0. The van der Waals surface area contributed by atoms with Crippen molar-refractivity contribution in [2.24, 2.45) is 0 Å². The van der Waals surface area contributed by atoms with Crippen molar-refractivity contribution in [3.05, 3.63) is 0 Å². The molecule has 34 heteroatoms. The van der Waals surface area contributed by atoms with Gasteiger partial charge < -0.3 is 73.4 Å². The predicted molar refractivity (Wildman–Crippen MR) is 119 cm³/mol. The van der Waals surface area contributed by atoms with Crippen LogP contribution >= 0.6 is 0 Å². The molecule has 0 bridgehead atoms. The van der Waals surface area contributed by atoms with Crippen LogP contribution in [0.25, 0.3) is 0 Å². The molecular formula is H2B17F17. The molecule has 0 aromatic rings. The van der Waals surface area contributed by atoms with Gasteiger partial charge in [0.15, 0.2) is 0 Å². The SMILES string of the molecule is FBB(F)B(F)B(F)B(F)B(F)B(F)B(F)B(F)B(F)B(F)B(F)B(F)B(F)B(F)B(F)BF. The summed E-state index contributed by atoms with van der Waals surface area (Å²) in [6.07, 6.45) is 0. The van der Waals surface area contributed by atoms with Crippen LogP contribution in [0.2, 0.25) is 0 Å². The van der Waals surface area contributed by atoms with Crippen molar-refractivity contribution in [1.29, 1.82) is 0 Å². The molecule has 0 radical (unpaired) electrons. The second kappa shape index (κ2) is 15.2. The lowest BCUT2D eigenvalue weighted by atomic mass is 8.75. The summed E-state index contributed by atoms with van der Waals surface area (Å²) in [6, 6.07) is 0. The lowest BCUT2D eigenvalue weighted by Gasteiger charge is -2.17. The molecule has 34 heavy (non-hydrogen) atoms. The number of rotatable bonds is 16. The van der Waals surface area contributed by atoms with E-state index in [0.29, 0.717) is 0 Å². The van der Waals surface area contributed by atoms with Crippen molar-refractivity contribution >= 4 is 116 Å². The zero-order valence-corrected chi connectivity index (χ0v) is 16.5. The lowest BCUT2D eigenvalue weighted by molar-refractivity contribution is 0.775. The lowest BCUT2D eigenvalue weighted by Crippen LogP contribution is -2.67. The summed E-state index contributed by atoms with van der Waals surface area (Å²) in [5.41, 5.74) is 0. The van der Waals surface area contributed by atoms with E-state index >= 15 is 0 Å². The molecule has 0 aliphatic rings. The predicted octanol–water partition coefficient (Wildman–Crippen LogP) is 0.134. The van der Waals surface area contributed by atoms with Gasteiger partial charge in [-0.05, 0) is 0 Å². The second-order valence-electron chi connectivity index (χ2n) is 7.12. The van der Waals surface area contributed by atoms with Gasteiger partial charge in [-0.25, -0.2) is 0 Å². The second-order valence-corrected chi connectivity index (χ2v) is 7.12. The van der Waals surface area contributed by atoms with Crippen LogP contribution in [0.1, 0.15) is 0 Å². The molecule has 0 rings (SSSR count). The van der Waals surface area contributed by atoms with Crippen LogP contribution in [0.4, 0.5) is 73.4 Å². The van der Waals surface area contributed by atoms with E-state index in [1.54, 1.807) is 0 Å². The van der Waals surface area contributed by atoms with E-state index in [9.17, 15) is 73.4 Å². The molecule has 0 aromatic heterocycles. The summed E-state index contributed by atoms with van der Waals surface area (Å²) in [5.74, 6) is 0. The number of hydrogen-bond donors (Lipinski definition) is 0. The topological polar surface area (TPSA) is 0 Å². The summed E-state index contributed by atoms with van der Waals surface area (Å²) < 4.78 is 224. The van der Waals surface area contributed by atoms with Crippen molar-refractivity contribution in [2.45, 2.75) is 0 Å². The maximum atomic E-state index is 13.7. The molecule has 0 aliphatic carbocycles. The fourth-order valence-corrected chi connectivity index (χ4v) is 2.50. The summed E-state index contributed by atoms with van der Waals surface area (Å²) in [5, 5.41) is 0. The normalized spacial score (nSPS) is 9.91. The Kier molecular flexibility index (Phi) is 15.2. The van der Waals surface area contributed by atoms with Gasteiger partial charge in [0.1, 0.15) is 0 Å². The molecular weight excluding hydrogens is 507 g/mol. The standard InChI is InChI=1S/B17F17H2/c18-1-3(20)5(22)7(24)9(26)11(28)13(30)15(32)17(34)16(33)14(31)12(29)10(27)8(25)6(23)4(21)2-19/h1-2H. The van der Waals surface area contributed by atoms with Crippen molar-refractivity contribution in [3.63, 3.8) is 0 Å². The van der Waals surface area contributed by atoms with Gasteiger partial charge in [-0.15, -0.1) is 0 Å². The van der Waals surface area contributed by atoms with Crippen LogP contribution in [0.5, 0.6) is 0 Å². The minimum atomic E-state index is -4.33. The van der Waals surface area contributed by atoms with Gasteiger partial charge in [-0.1, -0.05) is 0 Å². The minimum absolute atomic E-state index is 2.24. The van der Waals surface area contributed by atoms with Gasteiger partial charge >= 0.3 is 116 Å². The Balaban J connectivity index is 5.26. The van der Waals surface area contributed by atoms with Crippen LogP contribution < -0.4 is 0 Å². The smallest absolute Gasteiger partial charge is 0.350 e. The molecule has 0 N–H and O–H groups in total. The quantitative estimate of drug-likeness (QED) is 0.206. The molecule has 0 nitrogen and oxygen atoms in total. The zero-order chi connectivity index (χ0) is 27.1. The average molecular weight is 509 g/mol. The first kappa shape index (κ1) is 33.9. The Bertz CT molecular complexity index is 510. The highest BCUT2D eigenvalue weighted by Gasteiger charge is 2.67. The van der Waals surface area contributed by atoms with E-state index < -0.39 is 116 Å². The van der Waals surface area contributed by atoms with Crippen molar-refractivity contribution in [2.75, 3.05) is 0 Å². The molecule has 172 valence electrons. The largest absolute Gasteiger partial charge is 0.352 e. The minimum Gasteiger partial charge on any atom is -0.350 e. The Morgan fingerprint density at radius 2 is 0.353 bits per heavy atom. The van der Waals surface area contributed by atoms with Gasteiger partial charge in [-0.2, -0.15) is 0 Å². The molecule has 0 amide bonds. The Morgan fingerprint density at radius 3 is 0.471 bits per heavy atom. The van der Waals surface area contributed by atoms with Crippen LogP contribution in [-0.4, -0.2) is 116 Å². The highest BCUT2D eigenvalue weighted by molar-refractivity contribution is 7.89. The molecule has 0 heterocycles. The zero-order valence-electron chi connectivity index (χ0n) is 16.5. The van der Waals surface area contributed by atoms with Gasteiger partial charge in [0, 0.05) is 0 Å². The van der Waals surface area contributed by atoms with E-state index in [2.05, 4.69) is 0 Å². The first-order valence-corrected chi connectivity index (χ1v) is 9.29. The van der Waals surface area contributed by atoms with Crippen molar-refractivity contribution in [1.82, 2.24) is 0 Å². The highest BCUT2D eigenvalue weighted by atomic mass is 19.2. The van der Waals surface area contributed by atoms with E-state index in [0.717, 1.165) is 0 Å². The summed E-state index contributed by atoms with van der Waals surface area (Å²) >= 11 is 0. The molecule has 0 saturated heterocycles. The van der Waals surface area contributed by atoms with Crippen LogP contribution in [0, 0.1) is 0 Å². The first-order chi connectivity index (χ1) is 15.6. The van der Waals surface area contributed by atoms with Gasteiger partial charge in [-0.3, -0.25) is 0 Å². The molecule has 0 aromatic carbocycles. The molecule has 0 saturated carbocycles. The van der Waals surface area contributed by atoms with Crippen LogP contribution in [-0.2, 0) is 0 Å². The number of hydrogen-bond acceptors (Lipinski definition) is 0. The number of halogens is 17. The Labute approximate surface area is 190 Å². The third kappa shape index (κ3) is 8.50. The Hall–Kier alpha value is -0.0861. The van der Waals surface area contributed by atoms with E-state index in [4.69, 9.17) is 0 Å². The molecule has 0 atom stereocenters. The van der Waals surface area contributed by atoms with Crippen LogP contribution in [0.15, 0.2) is 0 Å². The average Bonchev–Trinajstić information content (AvgIpc) is 2.85. The molecule has 0 unspecified atom stereocenters. The highest BCUT2D eigenvalue weighted by Crippen LogP contribution is 2.19. The fourth-order valence-electron chi connectivity index (χ4n) is 2.50. The Morgan fingerprint density at radius 1 is 0.235 bits per heavy atom. The summed E-state index contributed by atoms with van der Waals surface area (Å²) in [7, 11) is -4.49. The molecule has 0 aliphatic heterocycles. The van der Waals surface area contributed by atoms with Gasteiger partial charge in [0.25, 0.3) is 0 Å². The van der Waals surface area contributed by atoms with E-state index in [-0.39, 0.29) is 0 Å². The third-order valence-electron chi connectivity index (χ3n) is 4.64. The van der Waals surface area contributed by atoms with E-state index in [1.165, 1.54) is 0 Å². The third-order valence-corrected chi connectivity index (χ3v) is 4.64. The van der Waals surface area contributed by atoms with E-state index in [1.807, 2.05) is 0 Å². The van der Waals surface area contributed by atoms with Gasteiger partial charge in [0.05, 0.1) is 0 Å². The van der Waals surface area contributed by atoms with Crippen molar-refractivity contribution in [3.8, 4) is 0 Å². The molecule has 0 fully saturated rings. The maximum absolute atomic E-state index is 13.7. The summed E-state index contributed by atoms with van der Waals surface area (Å²) in [4.78, 5) is 0. The van der Waals surface area contributed by atoms with Crippen molar-refractivity contribution < 1.29 is 73.4 Å². The monoisotopic (exact) mass is 512 g/mol. The molecule has 0 spiro atoms. The maximum Gasteiger partial charge on any atom is 0.352 e. The van der Waals surface area contributed by atoms with Gasteiger partial charge in [0.2, 0.25) is 0 Å². The summed E-state index contributed by atoms with van der Waals surface area (Å²) in [6.45, 7) is -60.4. The first-order valence-electron chi connectivity index (χ1n) is 9.29.